The molecule has 0 spiro atoms. The Morgan fingerprint density at radius 1 is 0.857 bits per heavy atom. The van der Waals surface area contributed by atoms with E-state index in [2.05, 4.69) is 65.4 Å². The standard InChI is InChI=1S/C26H37BrO/c1-2-3-4-5-6-7-8-9-10-11-12-13-17-22-18-16-19-23(25(22)27)26-21-15-14-20-24(26)28-26/h14-16,18-21,24H,2-13,17H2,1H3. The molecule has 1 aromatic carbocycles. The van der Waals surface area contributed by atoms with Crippen molar-refractivity contribution < 1.29 is 4.74 Å². The summed E-state index contributed by atoms with van der Waals surface area (Å²) in [7, 11) is 0. The van der Waals surface area contributed by atoms with Gasteiger partial charge in [0.2, 0.25) is 0 Å². The molecule has 2 atom stereocenters. The molecule has 2 heteroatoms. The van der Waals surface area contributed by atoms with Crippen molar-refractivity contribution >= 4 is 15.9 Å². The zero-order valence-electron chi connectivity index (χ0n) is 17.6. The van der Waals surface area contributed by atoms with E-state index in [-0.39, 0.29) is 11.7 Å². The summed E-state index contributed by atoms with van der Waals surface area (Å²) < 4.78 is 7.25. The maximum absolute atomic E-state index is 6.00. The summed E-state index contributed by atoms with van der Waals surface area (Å²) in [5, 5.41) is 0. The van der Waals surface area contributed by atoms with Gasteiger partial charge in [-0.25, -0.2) is 0 Å². The Morgan fingerprint density at radius 3 is 2.14 bits per heavy atom. The van der Waals surface area contributed by atoms with E-state index in [0.29, 0.717) is 0 Å². The van der Waals surface area contributed by atoms with Crippen LogP contribution in [0.15, 0.2) is 47.0 Å². The molecule has 1 aromatic rings. The molecule has 1 fully saturated rings. The van der Waals surface area contributed by atoms with E-state index < -0.39 is 0 Å². The van der Waals surface area contributed by atoms with Gasteiger partial charge in [-0.1, -0.05) is 130 Å². The maximum Gasteiger partial charge on any atom is 0.143 e. The Labute approximate surface area is 180 Å². The van der Waals surface area contributed by atoms with Crippen molar-refractivity contribution in [2.75, 3.05) is 0 Å². The fourth-order valence-electron chi connectivity index (χ4n) is 4.39. The molecule has 2 aliphatic rings. The number of aryl methyl sites for hydroxylation is 1. The van der Waals surface area contributed by atoms with Crippen LogP contribution in [0.5, 0.6) is 0 Å². The predicted octanol–water partition coefficient (Wildman–Crippen LogP) is 8.41. The number of unbranched alkanes of at least 4 members (excludes halogenated alkanes) is 11. The molecular formula is C26H37BrO. The summed E-state index contributed by atoms with van der Waals surface area (Å²) in [5.41, 5.74) is 2.51. The molecule has 3 rings (SSSR count). The lowest BCUT2D eigenvalue weighted by atomic mass is 9.90. The number of rotatable bonds is 14. The Morgan fingerprint density at radius 2 is 1.50 bits per heavy atom. The van der Waals surface area contributed by atoms with Crippen molar-refractivity contribution in [3.63, 3.8) is 0 Å². The summed E-state index contributed by atoms with van der Waals surface area (Å²) in [4.78, 5) is 0. The highest BCUT2D eigenvalue weighted by molar-refractivity contribution is 9.10. The fraction of sp³-hybridized carbons (Fsp3) is 0.615. The fourth-order valence-corrected chi connectivity index (χ4v) is 5.17. The van der Waals surface area contributed by atoms with E-state index in [0.717, 1.165) is 6.42 Å². The van der Waals surface area contributed by atoms with Crippen LogP contribution in [0.2, 0.25) is 0 Å². The summed E-state index contributed by atoms with van der Waals surface area (Å²) in [5.74, 6) is 0. The summed E-state index contributed by atoms with van der Waals surface area (Å²) in [6, 6.07) is 6.66. The predicted molar refractivity (Wildman–Crippen MR) is 124 cm³/mol. The first kappa shape index (κ1) is 21.8. The molecule has 1 nitrogen and oxygen atoms in total. The van der Waals surface area contributed by atoms with Gasteiger partial charge < -0.3 is 4.74 Å². The number of allylic oxidation sites excluding steroid dienone is 2. The highest BCUT2D eigenvalue weighted by Gasteiger charge is 2.56. The maximum atomic E-state index is 6.00. The van der Waals surface area contributed by atoms with Crippen LogP contribution in [0.3, 0.4) is 0 Å². The van der Waals surface area contributed by atoms with Gasteiger partial charge in [0, 0.05) is 10.0 Å². The number of benzene rings is 1. The molecule has 1 saturated heterocycles. The van der Waals surface area contributed by atoms with E-state index in [1.54, 1.807) is 0 Å². The minimum Gasteiger partial charge on any atom is -0.352 e. The largest absolute Gasteiger partial charge is 0.352 e. The van der Waals surface area contributed by atoms with Crippen LogP contribution in [0, 0.1) is 0 Å². The molecule has 0 radical (unpaired) electrons. The molecule has 0 bridgehead atoms. The van der Waals surface area contributed by atoms with Gasteiger partial charge in [0.25, 0.3) is 0 Å². The topological polar surface area (TPSA) is 12.5 Å². The number of hydrogen-bond acceptors (Lipinski definition) is 1. The zero-order chi connectivity index (χ0) is 19.7. The SMILES string of the molecule is CCCCCCCCCCCCCCc1cccc(C23C=CC=CC2O3)c1Br. The minimum atomic E-state index is -0.208. The summed E-state index contributed by atoms with van der Waals surface area (Å²) >= 11 is 3.87. The third-order valence-corrected chi connectivity index (χ3v) is 7.16. The van der Waals surface area contributed by atoms with Crippen molar-refractivity contribution in [2.24, 2.45) is 0 Å². The van der Waals surface area contributed by atoms with Crippen LogP contribution < -0.4 is 0 Å². The molecule has 0 N–H and O–H groups in total. The van der Waals surface area contributed by atoms with Crippen LogP contribution in [0.4, 0.5) is 0 Å². The van der Waals surface area contributed by atoms with Gasteiger partial charge in [-0.2, -0.15) is 0 Å². The first-order valence-electron chi connectivity index (χ1n) is 11.6. The van der Waals surface area contributed by atoms with Gasteiger partial charge in [0.1, 0.15) is 11.7 Å². The Hall–Kier alpha value is -0.860. The van der Waals surface area contributed by atoms with Gasteiger partial charge in [-0.15, -0.1) is 0 Å². The lowest BCUT2D eigenvalue weighted by molar-refractivity contribution is 0.345. The third-order valence-electron chi connectivity index (χ3n) is 6.23. The molecule has 2 unspecified atom stereocenters. The van der Waals surface area contributed by atoms with Crippen molar-refractivity contribution in [1.29, 1.82) is 0 Å². The molecule has 1 aliphatic carbocycles. The second kappa shape index (κ2) is 11.4. The van der Waals surface area contributed by atoms with Crippen LogP contribution in [-0.4, -0.2) is 6.10 Å². The van der Waals surface area contributed by atoms with E-state index in [1.165, 1.54) is 92.6 Å². The number of ether oxygens (including phenoxy) is 1. The quantitative estimate of drug-likeness (QED) is 0.207. The average Bonchev–Trinajstić information content (AvgIpc) is 3.45. The second-order valence-electron chi connectivity index (χ2n) is 8.49. The Balaban J connectivity index is 1.29. The zero-order valence-corrected chi connectivity index (χ0v) is 19.2. The molecule has 28 heavy (non-hydrogen) atoms. The minimum absolute atomic E-state index is 0.208. The van der Waals surface area contributed by atoms with Crippen LogP contribution in [-0.2, 0) is 16.8 Å². The van der Waals surface area contributed by atoms with Crippen LogP contribution in [0.1, 0.15) is 95.1 Å². The lowest BCUT2D eigenvalue weighted by Gasteiger charge is -2.15. The van der Waals surface area contributed by atoms with Crippen molar-refractivity contribution in [1.82, 2.24) is 0 Å². The number of fused-ring (bicyclic) bond motifs is 1. The van der Waals surface area contributed by atoms with E-state index in [1.807, 2.05) is 0 Å². The van der Waals surface area contributed by atoms with Crippen LogP contribution >= 0.6 is 15.9 Å². The molecule has 1 aliphatic heterocycles. The van der Waals surface area contributed by atoms with Crippen molar-refractivity contribution in [3.05, 3.63) is 58.1 Å². The summed E-state index contributed by atoms with van der Waals surface area (Å²) in [6.07, 6.45) is 26.7. The highest BCUT2D eigenvalue weighted by Crippen LogP contribution is 2.52. The number of halogens is 1. The van der Waals surface area contributed by atoms with E-state index >= 15 is 0 Å². The monoisotopic (exact) mass is 444 g/mol. The molecule has 0 aromatic heterocycles. The van der Waals surface area contributed by atoms with Gasteiger partial charge in [0.15, 0.2) is 0 Å². The normalized spacial score (nSPS) is 22.4. The molecule has 0 amide bonds. The first-order valence-corrected chi connectivity index (χ1v) is 12.4. The van der Waals surface area contributed by atoms with E-state index in [9.17, 15) is 0 Å². The molecular weight excluding hydrogens is 408 g/mol. The van der Waals surface area contributed by atoms with Crippen molar-refractivity contribution in [2.45, 2.75) is 102 Å². The molecule has 0 saturated carbocycles. The number of epoxide rings is 1. The van der Waals surface area contributed by atoms with Crippen LogP contribution in [0.25, 0.3) is 0 Å². The highest BCUT2D eigenvalue weighted by atomic mass is 79.9. The Bertz CT molecular complexity index is 662. The second-order valence-corrected chi connectivity index (χ2v) is 9.29. The third kappa shape index (κ3) is 5.83. The number of hydrogen-bond donors (Lipinski definition) is 0. The smallest absolute Gasteiger partial charge is 0.143 e. The Kier molecular flexibility index (Phi) is 8.86. The van der Waals surface area contributed by atoms with Crippen molar-refractivity contribution in [3.8, 4) is 0 Å². The molecule has 154 valence electrons. The summed E-state index contributed by atoms with van der Waals surface area (Å²) in [6.45, 7) is 2.29. The van der Waals surface area contributed by atoms with Gasteiger partial charge in [-0.05, 0) is 24.5 Å². The van der Waals surface area contributed by atoms with Gasteiger partial charge in [0.05, 0.1) is 0 Å². The average molecular weight is 445 g/mol. The van der Waals surface area contributed by atoms with E-state index in [4.69, 9.17) is 4.74 Å². The van der Waals surface area contributed by atoms with Gasteiger partial charge in [-0.3, -0.25) is 0 Å². The van der Waals surface area contributed by atoms with Gasteiger partial charge >= 0.3 is 0 Å². The lowest BCUT2D eigenvalue weighted by Crippen LogP contribution is -2.12. The first-order chi connectivity index (χ1) is 13.8. The molecule has 1 heterocycles.